The molecule has 1 heterocycles. The van der Waals surface area contributed by atoms with Crippen LogP contribution in [0.15, 0.2) is 42.5 Å². The molecule has 2 aromatic carbocycles. The van der Waals surface area contributed by atoms with E-state index in [1.807, 2.05) is 43.3 Å². The Morgan fingerprint density at radius 1 is 1.11 bits per heavy atom. The summed E-state index contributed by atoms with van der Waals surface area (Å²) < 4.78 is 10.9. The zero-order valence-electron chi connectivity index (χ0n) is 15.7. The molecule has 0 saturated carbocycles. The molecule has 1 aliphatic heterocycles. The summed E-state index contributed by atoms with van der Waals surface area (Å²) in [7, 11) is 1.63. The third-order valence-corrected chi connectivity index (χ3v) is 4.60. The van der Waals surface area contributed by atoms with Crippen molar-refractivity contribution >= 4 is 17.5 Å². The van der Waals surface area contributed by atoms with Gasteiger partial charge in [0.15, 0.2) is 6.61 Å². The average Bonchev–Trinajstić information content (AvgIpc) is 2.70. The van der Waals surface area contributed by atoms with Crippen LogP contribution in [0.2, 0.25) is 0 Å². The molecule has 0 atom stereocenters. The number of hydrogen-bond acceptors (Lipinski definition) is 4. The first-order chi connectivity index (χ1) is 13.1. The number of nitrogens with one attached hydrogen (secondary N) is 1. The highest BCUT2D eigenvalue weighted by atomic mass is 16.5. The summed E-state index contributed by atoms with van der Waals surface area (Å²) in [6.07, 6.45) is 1.16. The Kier molecular flexibility index (Phi) is 5.96. The maximum atomic E-state index is 12.5. The lowest BCUT2D eigenvalue weighted by atomic mass is 10.0. The molecule has 0 fully saturated rings. The van der Waals surface area contributed by atoms with Gasteiger partial charge in [0.25, 0.3) is 5.91 Å². The number of hydrogen-bond donors (Lipinski definition) is 1. The van der Waals surface area contributed by atoms with Crippen molar-refractivity contribution < 1.29 is 19.1 Å². The molecule has 0 aromatic heterocycles. The van der Waals surface area contributed by atoms with Crippen LogP contribution in [0.1, 0.15) is 24.5 Å². The molecule has 1 aliphatic rings. The number of carbonyl (C=O) groups excluding carboxylic acids is 2. The maximum absolute atomic E-state index is 12.5. The number of carbonyl (C=O) groups is 2. The molecule has 1 N–H and O–H groups in total. The second-order valence-electron chi connectivity index (χ2n) is 6.41. The summed E-state index contributed by atoms with van der Waals surface area (Å²) in [5, 5.41) is 2.84. The number of anilines is 1. The number of ether oxygens (including phenoxy) is 2. The van der Waals surface area contributed by atoms with E-state index in [0.29, 0.717) is 31.7 Å². The number of aryl methyl sites for hydroxylation is 1. The minimum Gasteiger partial charge on any atom is -0.497 e. The predicted molar refractivity (Wildman–Crippen MR) is 103 cm³/mol. The number of fused-ring (bicyclic) bond motifs is 1. The fourth-order valence-electron chi connectivity index (χ4n) is 3.01. The topological polar surface area (TPSA) is 67.9 Å². The van der Waals surface area contributed by atoms with Crippen LogP contribution < -0.4 is 14.8 Å². The van der Waals surface area contributed by atoms with Crippen LogP contribution in [0.5, 0.6) is 11.5 Å². The Morgan fingerprint density at radius 3 is 2.56 bits per heavy atom. The number of methoxy groups -OCH3 is 1. The van der Waals surface area contributed by atoms with Gasteiger partial charge in [-0.3, -0.25) is 9.59 Å². The summed E-state index contributed by atoms with van der Waals surface area (Å²) >= 11 is 0. The Labute approximate surface area is 159 Å². The van der Waals surface area contributed by atoms with Gasteiger partial charge < -0.3 is 19.7 Å². The van der Waals surface area contributed by atoms with Crippen molar-refractivity contribution in [3.63, 3.8) is 0 Å². The van der Waals surface area contributed by atoms with Crippen LogP contribution in [-0.4, -0.2) is 37.0 Å². The zero-order valence-corrected chi connectivity index (χ0v) is 15.7. The lowest BCUT2D eigenvalue weighted by Crippen LogP contribution is -2.34. The van der Waals surface area contributed by atoms with Gasteiger partial charge in [-0.1, -0.05) is 12.1 Å². The monoisotopic (exact) mass is 368 g/mol. The van der Waals surface area contributed by atoms with Gasteiger partial charge in [0, 0.05) is 25.2 Å². The van der Waals surface area contributed by atoms with Crippen molar-refractivity contribution in [1.29, 1.82) is 0 Å². The van der Waals surface area contributed by atoms with E-state index < -0.39 is 0 Å². The van der Waals surface area contributed by atoms with Crippen LogP contribution >= 0.6 is 0 Å². The highest BCUT2D eigenvalue weighted by Gasteiger charge is 2.17. The smallest absolute Gasteiger partial charge is 0.260 e. The average molecular weight is 368 g/mol. The Hall–Kier alpha value is -3.02. The SMILES string of the molecule is CCN(Cc1ccc(OC)cc1)C(=O)COc1ccc2c(c1)CCC(=O)N2. The lowest BCUT2D eigenvalue weighted by Gasteiger charge is -2.22. The maximum Gasteiger partial charge on any atom is 0.260 e. The van der Waals surface area contributed by atoms with Gasteiger partial charge in [-0.15, -0.1) is 0 Å². The molecule has 6 nitrogen and oxygen atoms in total. The van der Waals surface area contributed by atoms with E-state index in [1.54, 1.807) is 18.1 Å². The van der Waals surface area contributed by atoms with Gasteiger partial charge >= 0.3 is 0 Å². The number of amides is 2. The summed E-state index contributed by atoms with van der Waals surface area (Å²) in [5.41, 5.74) is 2.89. The zero-order chi connectivity index (χ0) is 19.2. The van der Waals surface area contributed by atoms with Gasteiger partial charge in [0.05, 0.1) is 7.11 Å². The van der Waals surface area contributed by atoms with E-state index in [1.165, 1.54) is 0 Å². The summed E-state index contributed by atoms with van der Waals surface area (Å²) in [6.45, 7) is 3.06. The van der Waals surface area contributed by atoms with E-state index >= 15 is 0 Å². The Bertz CT molecular complexity index is 817. The molecule has 2 amide bonds. The molecular formula is C21H24N2O4. The van der Waals surface area contributed by atoms with Crippen LogP contribution in [0.3, 0.4) is 0 Å². The van der Waals surface area contributed by atoms with Crippen LogP contribution in [0.25, 0.3) is 0 Å². The van der Waals surface area contributed by atoms with Crippen LogP contribution in [0, 0.1) is 0 Å². The molecule has 0 saturated heterocycles. The van der Waals surface area contributed by atoms with Crippen molar-refractivity contribution in [2.45, 2.75) is 26.3 Å². The van der Waals surface area contributed by atoms with Crippen molar-refractivity contribution in [1.82, 2.24) is 4.90 Å². The Morgan fingerprint density at radius 2 is 1.85 bits per heavy atom. The molecule has 27 heavy (non-hydrogen) atoms. The normalized spacial score (nSPS) is 12.7. The van der Waals surface area contributed by atoms with E-state index in [4.69, 9.17) is 9.47 Å². The summed E-state index contributed by atoms with van der Waals surface area (Å²) in [5.74, 6) is 1.39. The third kappa shape index (κ3) is 4.78. The lowest BCUT2D eigenvalue weighted by molar-refractivity contribution is -0.133. The van der Waals surface area contributed by atoms with E-state index in [0.717, 1.165) is 22.6 Å². The number of likely N-dealkylation sites (N-methyl/N-ethyl adjacent to an activating group) is 1. The molecule has 0 bridgehead atoms. The van der Waals surface area contributed by atoms with Crippen molar-refractivity contribution in [3.05, 3.63) is 53.6 Å². The van der Waals surface area contributed by atoms with Gasteiger partial charge in [-0.05, 0) is 54.8 Å². The van der Waals surface area contributed by atoms with Crippen molar-refractivity contribution in [2.24, 2.45) is 0 Å². The van der Waals surface area contributed by atoms with E-state index in [2.05, 4.69) is 5.32 Å². The second-order valence-corrected chi connectivity index (χ2v) is 6.41. The van der Waals surface area contributed by atoms with Gasteiger partial charge in [0.1, 0.15) is 11.5 Å². The van der Waals surface area contributed by atoms with E-state index in [9.17, 15) is 9.59 Å². The first-order valence-electron chi connectivity index (χ1n) is 9.05. The fourth-order valence-corrected chi connectivity index (χ4v) is 3.01. The molecule has 2 aromatic rings. The quantitative estimate of drug-likeness (QED) is 0.816. The minimum atomic E-state index is -0.0701. The first-order valence-corrected chi connectivity index (χ1v) is 9.05. The van der Waals surface area contributed by atoms with Gasteiger partial charge in [-0.25, -0.2) is 0 Å². The molecule has 0 unspecified atom stereocenters. The van der Waals surface area contributed by atoms with Crippen molar-refractivity contribution in [3.8, 4) is 11.5 Å². The van der Waals surface area contributed by atoms with Crippen LogP contribution in [-0.2, 0) is 22.6 Å². The number of rotatable bonds is 7. The highest BCUT2D eigenvalue weighted by molar-refractivity contribution is 5.94. The second kappa shape index (κ2) is 8.58. The van der Waals surface area contributed by atoms with Gasteiger partial charge in [-0.2, -0.15) is 0 Å². The summed E-state index contributed by atoms with van der Waals surface area (Å²) in [4.78, 5) is 25.7. The van der Waals surface area contributed by atoms with Gasteiger partial charge in [0.2, 0.25) is 5.91 Å². The molecule has 6 heteroatoms. The standard InChI is InChI=1S/C21H24N2O4/c1-3-23(13-15-4-7-17(26-2)8-5-15)21(25)14-27-18-9-10-19-16(12-18)6-11-20(24)22-19/h4-5,7-10,12H,3,6,11,13-14H2,1-2H3,(H,22,24). The molecule has 3 rings (SSSR count). The molecule has 0 radical (unpaired) electrons. The fraction of sp³-hybridized carbons (Fsp3) is 0.333. The molecule has 0 spiro atoms. The summed E-state index contributed by atoms with van der Waals surface area (Å²) in [6, 6.07) is 13.2. The third-order valence-electron chi connectivity index (χ3n) is 4.60. The largest absolute Gasteiger partial charge is 0.497 e. The Balaban J connectivity index is 1.57. The predicted octanol–water partition coefficient (Wildman–Crippen LogP) is 3.01. The van der Waals surface area contributed by atoms with Crippen LogP contribution in [0.4, 0.5) is 5.69 Å². The first kappa shape index (κ1) is 18.8. The highest BCUT2D eigenvalue weighted by Crippen LogP contribution is 2.26. The molecule has 142 valence electrons. The van der Waals surface area contributed by atoms with E-state index in [-0.39, 0.29) is 18.4 Å². The molecular weight excluding hydrogens is 344 g/mol. The minimum absolute atomic E-state index is 0.0187. The number of nitrogens with zero attached hydrogens (tertiary/aromatic N) is 1. The van der Waals surface area contributed by atoms with Crippen molar-refractivity contribution in [2.75, 3.05) is 25.6 Å². The number of benzene rings is 2. The molecule has 0 aliphatic carbocycles.